The van der Waals surface area contributed by atoms with Crippen molar-refractivity contribution in [3.8, 4) is 0 Å². The fourth-order valence-electron chi connectivity index (χ4n) is 2.01. The van der Waals surface area contributed by atoms with Crippen molar-refractivity contribution in [3.63, 3.8) is 0 Å². The molecule has 1 N–H and O–H groups in total. The van der Waals surface area contributed by atoms with E-state index in [0.29, 0.717) is 6.10 Å². The van der Waals surface area contributed by atoms with Gasteiger partial charge in [-0.05, 0) is 52.4 Å². The van der Waals surface area contributed by atoms with Crippen molar-refractivity contribution in [1.29, 1.82) is 0 Å². The summed E-state index contributed by atoms with van der Waals surface area (Å²) in [6, 6.07) is 0. The maximum atomic E-state index is 9.86. The molecular weight excluding hydrogens is 204 g/mol. The summed E-state index contributed by atoms with van der Waals surface area (Å²) in [5.41, 5.74) is -0.120. The summed E-state index contributed by atoms with van der Waals surface area (Å²) < 4.78 is 10.9. The topological polar surface area (TPSA) is 38.7 Å². The van der Waals surface area contributed by atoms with Gasteiger partial charge in [-0.3, -0.25) is 0 Å². The quantitative estimate of drug-likeness (QED) is 0.730. The van der Waals surface area contributed by atoms with Crippen LogP contribution >= 0.6 is 0 Å². The van der Waals surface area contributed by atoms with Crippen LogP contribution in [-0.2, 0) is 9.47 Å². The molecular formula is C13H26O3. The third kappa shape index (κ3) is 5.28. The van der Waals surface area contributed by atoms with Gasteiger partial charge >= 0.3 is 0 Å². The number of rotatable bonds is 7. The zero-order valence-electron chi connectivity index (χ0n) is 10.9. The van der Waals surface area contributed by atoms with Crippen molar-refractivity contribution in [1.82, 2.24) is 0 Å². The molecule has 2 unspecified atom stereocenters. The molecule has 0 bridgehead atoms. The zero-order valence-corrected chi connectivity index (χ0v) is 10.9. The number of ether oxygens (including phenoxy) is 2. The second-order valence-corrected chi connectivity index (χ2v) is 5.37. The lowest BCUT2D eigenvalue weighted by Crippen LogP contribution is -2.25. The van der Waals surface area contributed by atoms with E-state index in [0.717, 1.165) is 38.7 Å². The van der Waals surface area contributed by atoms with E-state index in [4.69, 9.17) is 9.47 Å². The molecule has 0 spiro atoms. The highest BCUT2D eigenvalue weighted by Gasteiger charge is 2.20. The molecule has 1 aliphatic heterocycles. The Kier molecular flexibility index (Phi) is 5.73. The number of aliphatic hydroxyl groups is 1. The van der Waals surface area contributed by atoms with Gasteiger partial charge in [0.15, 0.2) is 0 Å². The number of hydrogen-bond acceptors (Lipinski definition) is 3. The summed E-state index contributed by atoms with van der Waals surface area (Å²) in [4.78, 5) is 0. The minimum Gasteiger partial charge on any atom is -0.393 e. The van der Waals surface area contributed by atoms with Crippen LogP contribution in [0.1, 0.15) is 52.4 Å². The molecule has 1 saturated heterocycles. The predicted octanol–water partition coefficient (Wildman–Crippen LogP) is 2.51. The van der Waals surface area contributed by atoms with E-state index in [9.17, 15) is 5.11 Å². The third-order valence-electron chi connectivity index (χ3n) is 3.48. The monoisotopic (exact) mass is 230 g/mol. The van der Waals surface area contributed by atoms with E-state index in [1.807, 2.05) is 0 Å². The second-order valence-electron chi connectivity index (χ2n) is 5.37. The summed E-state index contributed by atoms with van der Waals surface area (Å²) >= 11 is 0. The van der Waals surface area contributed by atoms with Crippen molar-refractivity contribution >= 4 is 0 Å². The summed E-state index contributed by atoms with van der Waals surface area (Å²) in [5.74, 6) is 0. The van der Waals surface area contributed by atoms with Crippen molar-refractivity contribution in [3.05, 3.63) is 0 Å². The van der Waals surface area contributed by atoms with Crippen molar-refractivity contribution in [2.75, 3.05) is 13.7 Å². The van der Waals surface area contributed by atoms with Crippen LogP contribution in [0.5, 0.6) is 0 Å². The van der Waals surface area contributed by atoms with Crippen molar-refractivity contribution in [2.24, 2.45) is 0 Å². The lowest BCUT2D eigenvalue weighted by Gasteiger charge is -2.24. The SMILES string of the molecule is COC(C)(C)CCC(O)CCC1CCCO1. The van der Waals surface area contributed by atoms with Gasteiger partial charge in [-0.1, -0.05) is 0 Å². The standard InChI is InChI=1S/C13H26O3/c1-13(2,15-3)9-8-11(14)6-7-12-5-4-10-16-12/h11-12,14H,4-10H2,1-3H3. The number of methoxy groups -OCH3 is 1. The van der Waals surface area contributed by atoms with Gasteiger partial charge in [-0.2, -0.15) is 0 Å². The van der Waals surface area contributed by atoms with Gasteiger partial charge in [0.2, 0.25) is 0 Å². The third-order valence-corrected chi connectivity index (χ3v) is 3.48. The minimum absolute atomic E-state index is 0.120. The summed E-state index contributed by atoms with van der Waals surface area (Å²) in [7, 11) is 1.72. The van der Waals surface area contributed by atoms with E-state index in [1.54, 1.807) is 7.11 Å². The molecule has 1 fully saturated rings. The van der Waals surface area contributed by atoms with Crippen LogP contribution in [0.2, 0.25) is 0 Å². The van der Waals surface area contributed by atoms with E-state index >= 15 is 0 Å². The summed E-state index contributed by atoms with van der Waals surface area (Å²) in [5, 5.41) is 9.86. The Hall–Kier alpha value is -0.120. The number of hydrogen-bond donors (Lipinski definition) is 1. The Labute approximate surface area is 99.1 Å². The first kappa shape index (κ1) is 13.9. The fourth-order valence-corrected chi connectivity index (χ4v) is 2.01. The molecule has 0 saturated carbocycles. The molecule has 96 valence electrons. The van der Waals surface area contributed by atoms with E-state index in [1.165, 1.54) is 6.42 Å². The first-order valence-electron chi connectivity index (χ1n) is 6.38. The van der Waals surface area contributed by atoms with Crippen molar-refractivity contribution in [2.45, 2.75) is 70.2 Å². The molecule has 16 heavy (non-hydrogen) atoms. The molecule has 0 aromatic carbocycles. The van der Waals surface area contributed by atoms with E-state index < -0.39 is 0 Å². The highest BCUT2D eigenvalue weighted by atomic mass is 16.5. The summed E-state index contributed by atoms with van der Waals surface area (Å²) in [6.45, 7) is 5.01. The minimum atomic E-state index is -0.210. The molecule has 1 rings (SSSR count). The largest absolute Gasteiger partial charge is 0.393 e. The van der Waals surface area contributed by atoms with Gasteiger partial charge in [0.25, 0.3) is 0 Å². The lowest BCUT2D eigenvalue weighted by molar-refractivity contribution is 0.000370. The number of aliphatic hydroxyl groups excluding tert-OH is 1. The average Bonchev–Trinajstić information content (AvgIpc) is 2.76. The van der Waals surface area contributed by atoms with Crippen LogP contribution < -0.4 is 0 Å². The molecule has 2 atom stereocenters. The predicted molar refractivity (Wildman–Crippen MR) is 64.5 cm³/mol. The Balaban J connectivity index is 2.08. The van der Waals surface area contributed by atoms with Gasteiger partial charge in [-0.15, -0.1) is 0 Å². The first-order chi connectivity index (χ1) is 7.53. The van der Waals surface area contributed by atoms with Crippen LogP contribution in [-0.4, -0.2) is 36.6 Å². The second kappa shape index (κ2) is 6.58. The highest BCUT2D eigenvalue weighted by Crippen LogP contribution is 2.21. The zero-order chi connectivity index (χ0) is 12.0. The molecule has 0 amide bonds. The summed E-state index contributed by atoms with van der Waals surface area (Å²) in [6.07, 6.45) is 6.08. The molecule has 3 heteroatoms. The fraction of sp³-hybridized carbons (Fsp3) is 1.00. The van der Waals surface area contributed by atoms with Crippen LogP contribution in [0.25, 0.3) is 0 Å². The molecule has 0 aromatic rings. The van der Waals surface area contributed by atoms with Crippen LogP contribution in [0, 0.1) is 0 Å². The Morgan fingerprint density at radius 3 is 2.75 bits per heavy atom. The Morgan fingerprint density at radius 2 is 2.19 bits per heavy atom. The maximum Gasteiger partial charge on any atom is 0.0623 e. The van der Waals surface area contributed by atoms with Gasteiger partial charge in [-0.25, -0.2) is 0 Å². The van der Waals surface area contributed by atoms with Crippen LogP contribution in [0.4, 0.5) is 0 Å². The molecule has 1 aliphatic rings. The van der Waals surface area contributed by atoms with E-state index in [-0.39, 0.29) is 11.7 Å². The van der Waals surface area contributed by atoms with Crippen molar-refractivity contribution < 1.29 is 14.6 Å². The normalized spacial score (nSPS) is 23.6. The van der Waals surface area contributed by atoms with Crippen LogP contribution in [0.15, 0.2) is 0 Å². The molecule has 3 nitrogen and oxygen atoms in total. The van der Waals surface area contributed by atoms with Gasteiger partial charge in [0.1, 0.15) is 0 Å². The smallest absolute Gasteiger partial charge is 0.0623 e. The van der Waals surface area contributed by atoms with Gasteiger partial charge in [0.05, 0.1) is 17.8 Å². The molecule has 1 heterocycles. The first-order valence-corrected chi connectivity index (χ1v) is 6.38. The van der Waals surface area contributed by atoms with Gasteiger partial charge < -0.3 is 14.6 Å². The van der Waals surface area contributed by atoms with Gasteiger partial charge in [0, 0.05) is 13.7 Å². The highest BCUT2D eigenvalue weighted by molar-refractivity contribution is 4.72. The molecule has 0 radical (unpaired) electrons. The average molecular weight is 230 g/mol. The Morgan fingerprint density at radius 1 is 1.44 bits per heavy atom. The maximum absolute atomic E-state index is 9.86. The molecule has 0 aromatic heterocycles. The van der Waals surface area contributed by atoms with E-state index in [2.05, 4.69) is 13.8 Å². The van der Waals surface area contributed by atoms with Crippen LogP contribution in [0.3, 0.4) is 0 Å². The molecule has 0 aliphatic carbocycles. The Bertz CT molecular complexity index is 186. The lowest BCUT2D eigenvalue weighted by atomic mass is 9.97.